The third-order valence-electron chi connectivity index (χ3n) is 6.11. The fraction of sp³-hybridized carbons (Fsp3) is 0.320. The van der Waals surface area contributed by atoms with Gasteiger partial charge in [-0.25, -0.2) is 9.07 Å². The second kappa shape index (κ2) is 9.94. The predicted molar refractivity (Wildman–Crippen MR) is 123 cm³/mol. The number of hydrogen-bond donors (Lipinski definition) is 2. The minimum atomic E-state index is -0.793. The van der Waals surface area contributed by atoms with Crippen LogP contribution in [0, 0.1) is 11.7 Å². The van der Waals surface area contributed by atoms with Gasteiger partial charge in [-0.3, -0.25) is 9.59 Å². The third kappa shape index (κ3) is 4.73. The van der Waals surface area contributed by atoms with Crippen LogP contribution < -0.4 is 14.8 Å². The van der Waals surface area contributed by atoms with Crippen LogP contribution in [0.5, 0.6) is 11.5 Å². The molecular weight excluding hydrogens is 441 g/mol. The first-order chi connectivity index (χ1) is 16.4. The number of rotatable bonds is 7. The van der Waals surface area contributed by atoms with Gasteiger partial charge in [0.1, 0.15) is 17.3 Å². The first-order valence-corrected chi connectivity index (χ1v) is 11.0. The Balaban J connectivity index is 1.70. The van der Waals surface area contributed by atoms with Gasteiger partial charge in [0.15, 0.2) is 5.69 Å². The maximum atomic E-state index is 13.6. The van der Waals surface area contributed by atoms with E-state index in [0.717, 1.165) is 0 Å². The number of halogens is 1. The Kier molecular flexibility index (Phi) is 6.81. The van der Waals surface area contributed by atoms with E-state index in [1.165, 1.54) is 26.4 Å². The van der Waals surface area contributed by atoms with Gasteiger partial charge in [-0.2, -0.15) is 5.10 Å². The van der Waals surface area contributed by atoms with Gasteiger partial charge in [0.2, 0.25) is 0 Å². The summed E-state index contributed by atoms with van der Waals surface area (Å²) in [6.07, 6.45) is 2.23. The highest BCUT2D eigenvalue weighted by atomic mass is 19.1. The SMILES string of the molecule is COc1cccc(OC)c1-c1cc(C(=O)NC2CCC(C(=O)O)CC2)nn1-c1ccc(F)cc1. The zero-order valence-corrected chi connectivity index (χ0v) is 19.0. The number of carboxylic acids is 1. The van der Waals surface area contributed by atoms with Crippen molar-refractivity contribution < 1.29 is 28.6 Å². The number of aromatic nitrogens is 2. The van der Waals surface area contributed by atoms with Gasteiger partial charge in [0.05, 0.1) is 37.1 Å². The molecule has 3 aromatic rings. The molecule has 0 saturated heterocycles. The van der Waals surface area contributed by atoms with Crippen molar-refractivity contribution in [2.45, 2.75) is 31.7 Å². The lowest BCUT2D eigenvalue weighted by Crippen LogP contribution is -2.38. The van der Waals surface area contributed by atoms with Crippen LogP contribution in [0.1, 0.15) is 36.2 Å². The van der Waals surface area contributed by atoms with Crippen molar-refractivity contribution >= 4 is 11.9 Å². The molecule has 2 N–H and O–H groups in total. The first kappa shape index (κ1) is 23.3. The van der Waals surface area contributed by atoms with Crippen LogP contribution in [0.4, 0.5) is 4.39 Å². The predicted octanol–water partition coefficient (Wildman–Crippen LogP) is 4.07. The minimum Gasteiger partial charge on any atom is -0.496 e. The molecule has 0 bridgehead atoms. The summed E-state index contributed by atoms with van der Waals surface area (Å²) < 4.78 is 26.2. The number of aliphatic carboxylic acids is 1. The number of methoxy groups -OCH3 is 2. The summed E-state index contributed by atoms with van der Waals surface area (Å²) >= 11 is 0. The summed E-state index contributed by atoms with van der Waals surface area (Å²) in [5, 5.41) is 16.7. The molecule has 0 unspecified atom stereocenters. The van der Waals surface area contributed by atoms with Crippen LogP contribution >= 0.6 is 0 Å². The Labute approximate surface area is 196 Å². The van der Waals surface area contributed by atoms with Gasteiger partial charge in [-0.15, -0.1) is 0 Å². The number of amides is 1. The van der Waals surface area contributed by atoms with E-state index >= 15 is 0 Å². The molecule has 1 aliphatic carbocycles. The summed E-state index contributed by atoms with van der Waals surface area (Å²) in [7, 11) is 3.08. The fourth-order valence-electron chi connectivity index (χ4n) is 4.30. The molecule has 2 aromatic carbocycles. The Morgan fingerprint density at radius 3 is 2.21 bits per heavy atom. The van der Waals surface area contributed by atoms with Crippen molar-refractivity contribution in [2.75, 3.05) is 14.2 Å². The Bertz CT molecular complexity index is 1160. The summed E-state index contributed by atoms with van der Waals surface area (Å²) in [5.41, 5.74) is 1.88. The van der Waals surface area contributed by atoms with E-state index < -0.39 is 5.97 Å². The molecule has 34 heavy (non-hydrogen) atoms. The molecular formula is C25H26FN3O5. The smallest absolute Gasteiger partial charge is 0.306 e. The van der Waals surface area contributed by atoms with Gasteiger partial charge in [-0.1, -0.05) is 6.07 Å². The molecule has 0 spiro atoms. The molecule has 0 atom stereocenters. The number of ether oxygens (including phenoxy) is 2. The van der Waals surface area contributed by atoms with E-state index in [1.807, 2.05) is 0 Å². The van der Waals surface area contributed by atoms with Crippen LogP contribution in [0.3, 0.4) is 0 Å². The van der Waals surface area contributed by atoms with Crippen molar-refractivity contribution in [2.24, 2.45) is 5.92 Å². The molecule has 1 amide bonds. The van der Waals surface area contributed by atoms with Gasteiger partial charge in [-0.05, 0) is 68.1 Å². The largest absolute Gasteiger partial charge is 0.496 e. The number of nitrogens with one attached hydrogen (secondary N) is 1. The summed E-state index contributed by atoms with van der Waals surface area (Å²) in [6, 6.07) is 12.7. The quantitative estimate of drug-likeness (QED) is 0.543. The molecule has 8 nitrogen and oxygen atoms in total. The lowest BCUT2D eigenvalue weighted by molar-refractivity contribution is -0.142. The van der Waals surface area contributed by atoms with Crippen LogP contribution in [0.25, 0.3) is 16.9 Å². The van der Waals surface area contributed by atoms with E-state index in [1.54, 1.807) is 41.1 Å². The molecule has 178 valence electrons. The second-order valence-electron chi connectivity index (χ2n) is 8.20. The van der Waals surface area contributed by atoms with E-state index in [0.29, 0.717) is 54.1 Å². The average Bonchev–Trinajstić information content (AvgIpc) is 3.29. The second-order valence-corrected chi connectivity index (χ2v) is 8.20. The molecule has 4 rings (SSSR count). The monoisotopic (exact) mass is 467 g/mol. The van der Waals surface area contributed by atoms with Gasteiger partial charge >= 0.3 is 5.97 Å². The van der Waals surface area contributed by atoms with Crippen molar-refractivity contribution in [1.82, 2.24) is 15.1 Å². The normalized spacial score (nSPS) is 17.7. The molecule has 1 heterocycles. The van der Waals surface area contributed by atoms with Crippen molar-refractivity contribution in [3.63, 3.8) is 0 Å². The summed E-state index contributed by atoms with van der Waals surface area (Å²) in [5.74, 6) is -0.853. The lowest BCUT2D eigenvalue weighted by Gasteiger charge is -2.26. The van der Waals surface area contributed by atoms with E-state index in [2.05, 4.69) is 10.4 Å². The number of benzene rings is 2. The van der Waals surface area contributed by atoms with Crippen molar-refractivity contribution in [1.29, 1.82) is 0 Å². The first-order valence-electron chi connectivity index (χ1n) is 11.0. The third-order valence-corrected chi connectivity index (χ3v) is 6.11. The fourth-order valence-corrected chi connectivity index (χ4v) is 4.30. The van der Waals surface area contributed by atoms with Crippen LogP contribution in [-0.4, -0.2) is 47.0 Å². The standard InChI is InChI=1S/C25H26FN3O5/c1-33-21-4-3-5-22(34-2)23(21)20-14-19(28-29(20)18-12-8-16(26)9-13-18)24(30)27-17-10-6-15(7-11-17)25(31)32/h3-5,8-9,12-15,17H,6-7,10-11H2,1-2H3,(H,27,30)(H,31,32). The van der Waals surface area contributed by atoms with Crippen molar-refractivity contribution in [3.05, 3.63) is 60.0 Å². The van der Waals surface area contributed by atoms with E-state index in [-0.39, 0.29) is 29.4 Å². The Morgan fingerprint density at radius 2 is 1.65 bits per heavy atom. The van der Waals surface area contributed by atoms with Crippen molar-refractivity contribution in [3.8, 4) is 28.4 Å². The van der Waals surface area contributed by atoms with Gasteiger partial charge < -0.3 is 19.9 Å². The number of carboxylic acid groups (broad SMARTS) is 1. The molecule has 1 aromatic heterocycles. The highest BCUT2D eigenvalue weighted by Crippen LogP contribution is 2.39. The van der Waals surface area contributed by atoms with Crippen LogP contribution in [-0.2, 0) is 4.79 Å². The average molecular weight is 467 g/mol. The number of carbonyl (C=O) groups excluding carboxylic acids is 1. The van der Waals surface area contributed by atoms with E-state index in [4.69, 9.17) is 9.47 Å². The maximum Gasteiger partial charge on any atom is 0.306 e. The maximum absolute atomic E-state index is 13.6. The van der Waals surface area contributed by atoms with Crippen LogP contribution in [0.2, 0.25) is 0 Å². The Hall–Kier alpha value is -3.88. The topological polar surface area (TPSA) is 103 Å². The molecule has 0 radical (unpaired) electrons. The highest BCUT2D eigenvalue weighted by Gasteiger charge is 2.28. The molecule has 1 aliphatic rings. The molecule has 0 aliphatic heterocycles. The number of nitrogens with zero attached hydrogens (tertiary/aromatic N) is 2. The lowest BCUT2D eigenvalue weighted by atomic mass is 9.86. The zero-order chi connectivity index (χ0) is 24.2. The summed E-state index contributed by atoms with van der Waals surface area (Å²) in [4.78, 5) is 24.3. The zero-order valence-electron chi connectivity index (χ0n) is 19.0. The van der Waals surface area contributed by atoms with Gasteiger partial charge in [0, 0.05) is 6.04 Å². The summed E-state index contributed by atoms with van der Waals surface area (Å²) in [6.45, 7) is 0. The molecule has 1 saturated carbocycles. The van der Waals surface area contributed by atoms with E-state index in [9.17, 15) is 19.1 Å². The highest BCUT2D eigenvalue weighted by molar-refractivity contribution is 5.94. The number of hydrogen-bond acceptors (Lipinski definition) is 5. The molecule has 9 heteroatoms. The minimum absolute atomic E-state index is 0.122. The number of carbonyl (C=O) groups is 2. The van der Waals surface area contributed by atoms with Gasteiger partial charge in [0.25, 0.3) is 5.91 Å². The Morgan fingerprint density at radius 1 is 1.03 bits per heavy atom. The molecule has 1 fully saturated rings. The van der Waals surface area contributed by atoms with Crippen LogP contribution in [0.15, 0.2) is 48.5 Å².